The molecule has 176 valence electrons. The lowest BCUT2D eigenvalue weighted by Gasteiger charge is -2.21. The van der Waals surface area contributed by atoms with Crippen molar-refractivity contribution in [1.82, 2.24) is 0 Å². The summed E-state index contributed by atoms with van der Waals surface area (Å²) in [5, 5.41) is 0. The zero-order valence-corrected chi connectivity index (χ0v) is 19.2. The Hall–Kier alpha value is -4.09. The van der Waals surface area contributed by atoms with Gasteiger partial charge in [0.2, 0.25) is 0 Å². The molecule has 1 aliphatic rings. The summed E-state index contributed by atoms with van der Waals surface area (Å²) in [7, 11) is 0. The predicted molar refractivity (Wildman–Crippen MR) is 133 cm³/mol. The first-order chi connectivity index (χ1) is 17.3. The molecule has 0 saturated carbocycles. The van der Waals surface area contributed by atoms with Gasteiger partial charge in [0.05, 0.1) is 6.61 Å². The molecule has 0 radical (unpaired) electrons. The number of carbonyl (C=O) groups is 1. The third-order valence-corrected chi connectivity index (χ3v) is 5.75. The predicted octanol–water partition coefficient (Wildman–Crippen LogP) is 6.18. The number of benzene rings is 4. The molecule has 5 rings (SSSR count). The second-order valence-electron chi connectivity index (χ2n) is 8.35. The van der Waals surface area contributed by atoms with E-state index in [2.05, 4.69) is 0 Å². The number of aldehydes is 1. The van der Waals surface area contributed by atoms with Crippen LogP contribution in [0.4, 0.5) is 0 Å². The van der Waals surface area contributed by atoms with Crippen LogP contribution in [0.25, 0.3) is 0 Å². The van der Waals surface area contributed by atoms with E-state index in [1.165, 1.54) is 0 Å². The highest BCUT2D eigenvalue weighted by Crippen LogP contribution is 2.38. The Labute approximate surface area is 204 Å². The van der Waals surface area contributed by atoms with Crippen molar-refractivity contribution in [2.75, 3.05) is 6.61 Å². The van der Waals surface area contributed by atoms with Gasteiger partial charge in [-0.15, -0.1) is 0 Å². The summed E-state index contributed by atoms with van der Waals surface area (Å²) >= 11 is 0. The number of carbonyl (C=O) groups excluding carboxylic acids is 1. The quantitative estimate of drug-likeness (QED) is 0.195. The fourth-order valence-electron chi connectivity index (χ4n) is 3.76. The fraction of sp³-hybridized carbons (Fsp3) is 0.167. The Morgan fingerprint density at radius 2 is 1.40 bits per heavy atom. The molecule has 4 aromatic carbocycles. The van der Waals surface area contributed by atoms with E-state index in [1.54, 1.807) is 18.2 Å². The summed E-state index contributed by atoms with van der Waals surface area (Å²) in [5.74, 6) is 1.87. The molecule has 0 aromatic heterocycles. The minimum atomic E-state index is -0.306. The van der Waals surface area contributed by atoms with Crippen molar-refractivity contribution < 1.29 is 23.7 Å². The van der Waals surface area contributed by atoms with Crippen LogP contribution in [0.5, 0.6) is 17.2 Å². The average Bonchev–Trinajstić information content (AvgIpc) is 3.77. The van der Waals surface area contributed by atoms with Gasteiger partial charge in [-0.2, -0.15) is 0 Å². The SMILES string of the molecule is O=Cc1ccc(O[C@H](c2ccc(OCc3ccccc3)cc2)[C@@H]2CO2)c(OCc2ccccc2)c1. The van der Waals surface area contributed by atoms with Gasteiger partial charge in [-0.1, -0.05) is 72.8 Å². The normalized spacial score (nSPS) is 15.1. The molecule has 4 aromatic rings. The summed E-state index contributed by atoms with van der Waals surface area (Å²) in [6.07, 6.45) is 0.451. The lowest BCUT2D eigenvalue weighted by atomic mass is 10.1. The highest BCUT2D eigenvalue weighted by molar-refractivity contribution is 5.76. The van der Waals surface area contributed by atoms with E-state index in [1.807, 2.05) is 84.9 Å². The maximum Gasteiger partial charge on any atom is 0.162 e. The van der Waals surface area contributed by atoms with Crippen molar-refractivity contribution in [1.29, 1.82) is 0 Å². The average molecular weight is 467 g/mol. The summed E-state index contributed by atoms with van der Waals surface area (Å²) in [6, 6.07) is 33.0. The number of epoxide rings is 1. The van der Waals surface area contributed by atoms with Gasteiger partial charge < -0.3 is 18.9 Å². The van der Waals surface area contributed by atoms with Crippen molar-refractivity contribution in [2.24, 2.45) is 0 Å². The van der Waals surface area contributed by atoms with E-state index in [4.69, 9.17) is 18.9 Å². The van der Waals surface area contributed by atoms with Gasteiger partial charge in [0.15, 0.2) is 17.6 Å². The van der Waals surface area contributed by atoms with Crippen LogP contribution in [0.3, 0.4) is 0 Å². The van der Waals surface area contributed by atoms with Crippen molar-refractivity contribution in [3.63, 3.8) is 0 Å². The van der Waals surface area contributed by atoms with Crippen molar-refractivity contribution >= 4 is 6.29 Å². The zero-order valence-electron chi connectivity index (χ0n) is 19.2. The van der Waals surface area contributed by atoms with E-state index >= 15 is 0 Å². The topological polar surface area (TPSA) is 57.3 Å². The van der Waals surface area contributed by atoms with Crippen LogP contribution < -0.4 is 14.2 Å². The molecule has 0 unspecified atom stereocenters. The Balaban J connectivity index is 1.30. The van der Waals surface area contributed by atoms with Crippen LogP contribution in [0.15, 0.2) is 103 Å². The molecular weight excluding hydrogens is 440 g/mol. The van der Waals surface area contributed by atoms with E-state index < -0.39 is 0 Å². The molecule has 0 N–H and O–H groups in total. The summed E-state index contributed by atoms with van der Waals surface area (Å²) in [5.41, 5.74) is 3.65. The Bertz CT molecular complexity index is 1240. The van der Waals surface area contributed by atoms with Gasteiger partial charge in [-0.05, 0) is 47.0 Å². The van der Waals surface area contributed by atoms with E-state index in [0.717, 1.165) is 28.7 Å². The molecule has 0 spiro atoms. The molecule has 35 heavy (non-hydrogen) atoms. The summed E-state index contributed by atoms with van der Waals surface area (Å²) in [4.78, 5) is 11.4. The van der Waals surface area contributed by atoms with Gasteiger partial charge in [0.1, 0.15) is 31.4 Å². The molecule has 0 amide bonds. The third kappa shape index (κ3) is 6.08. The number of hydrogen-bond donors (Lipinski definition) is 0. The lowest BCUT2D eigenvalue weighted by molar-refractivity contribution is 0.112. The number of rotatable bonds is 11. The minimum Gasteiger partial charge on any atom is -0.489 e. The van der Waals surface area contributed by atoms with Gasteiger partial charge in [0, 0.05) is 5.56 Å². The first kappa shape index (κ1) is 22.7. The smallest absolute Gasteiger partial charge is 0.162 e. The van der Waals surface area contributed by atoms with Crippen molar-refractivity contribution in [2.45, 2.75) is 25.4 Å². The standard InChI is InChI=1S/C30H26O5/c31-18-24-11-16-27(28(17-24)33-20-23-9-5-2-6-10-23)35-30(29-21-34-29)25-12-14-26(15-13-25)32-19-22-7-3-1-4-8-22/h1-18,29-30H,19-21H2/t29-,30+/m0/s1. The minimum absolute atomic E-state index is 0.0428. The number of hydrogen-bond acceptors (Lipinski definition) is 5. The van der Waals surface area contributed by atoms with E-state index in [9.17, 15) is 4.79 Å². The zero-order chi connectivity index (χ0) is 23.9. The molecule has 1 saturated heterocycles. The maximum atomic E-state index is 11.4. The molecule has 1 heterocycles. The molecule has 0 bridgehead atoms. The first-order valence-corrected chi connectivity index (χ1v) is 11.6. The Morgan fingerprint density at radius 1 is 0.771 bits per heavy atom. The maximum absolute atomic E-state index is 11.4. The van der Waals surface area contributed by atoms with Crippen LogP contribution in [-0.2, 0) is 18.0 Å². The molecule has 5 heteroatoms. The Kier molecular flexibility index (Phi) is 7.06. The fourth-order valence-corrected chi connectivity index (χ4v) is 3.76. The molecule has 1 fully saturated rings. The monoisotopic (exact) mass is 466 g/mol. The van der Waals surface area contributed by atoms with Gasteiger partial charge in [-0.25, -0.2) is 0 Å². The Morgan fingerprint density at radius 3 is 2.00 bits per heavy atom. The second-order valence-corrected chi connectivity index (χ2v) is 8.35. The lowest BCUT2D eigenvalue weighted by Crippen LogP contribution is -2.15. The third-order valence-electron chi connectivity index (χ3n) is 5.75. The largest absolute Gasteiger partial charge is 0.489 e. The highest BCUT2D eigenvalue weighted by atomic mass is 16.6. The van der Waals surface area contributed by atoms with Crippen LogP contribution in [0.1, 0.15) is 33.2 Å². The molecule has 0 aliphatic carbocycles. The van der Waals surface area contributed by atoms with Gasteiger partial charge in [0.25, 0.3) is 0 Å². The van der Waals surface area contributed by atoms with Gasteiger partial charge >= 0.3 is 0 Å². The van der Waals surface area contributed by atoms with Crippen molar-refractivity contribution in [3.8, 4) is 17.2 Å². The van der Waals surface area contributed by atoms with E-state index in [0.29, 0.717) is 36.9 Å². The number of ether oxygens (including phenoxy) is 4. The molecule has 2 atom stereocenters. The molecular formula is C30H26O5. The van der Waals surface area contributed by atoms with Gasteiger partial charge in [-0.3, -0.25) is 4.79 Å². The van der Waals surface area contributed by atoms with Crippen LogP contribution >= 0.6 is 0 Å². The summed E-state index contributed by atoms with van der Waals surface area (Å²) in [6.45, 7) is 1.51. The second kappa shape index (κ2) is 10.9. The summed E-state index contributed by atoms with van der Waals surface area (Å²) < 4.78 is 24.0. The van der Waals surface area contributed by atoms with Crippen LogP contribution in [0, 0.1) is 0 Å². The van der Waals surface area contributed by atoms with Crippen molar-refractivity contribution in [3.05, 3.63) is 125 Å². The molecule has 1 aliphatic heterocycles. The first-order valence-electron chi connectivity index (χ1n) is 11.6. The van der Waals surface area contributed by atoms with E-state index in [-0.39, 0.29) is 12.2 Å². The van der Waals surface area contributed by atoms with Crippen LogP contribution in [-0.4, -0.2) is 19.0 Å². The highest BCUT2D eigenvalue weighted by Gasteiger charge is 2.36. The van der Waals surface area contributed by atoms with Crippen LogP contribution in [0.2, 0.25) is 0 Å². The molecule has 5 nitrogen and oxygen atoms in total.